The van der Waals surface area contributed by atoms with E-state index >= 15 is 0 Å². The van der Waals surface area contributed by atoms with E-state index in [1.54, 1.807) is 7.11 Å². The van der Waals surface area contributed by atoms with Crippen LogP contribution in [0.2, 0.25) is 0 Å². The molecule has 0 fully saturated rings. The summed E-state index contributed by atoms with van der Waals surface area (Å²) in [7, 11) is 1.56. The Balaban J connectivity index is 4.50. The van der Waals surface area contributed by atoms with Gasteiger partial charge >= 0.3 is 6.09 Å². The van der Waals surface area contributed by atoms with Crippen molar-refractivity contribution in [2.45, 2.75) is 45.4 Å². The number of ether oxygens (including phenoxy) is 1. The standard InChI is InChI=1S/C10H22N2O3/c1-7(15-5)8(11)6-12(9(13)14)10(2,3)4/h7-8H,6,11H2,1-5H3,(H,13,14)/t7-,8-/m0/s1. The van der Waals surface area contributed by atoms with Gasteiger partial charge in [0.2, 0.25) is 0 Å². The van der Waals surface area contributed by atoms with E-state index in [2.05, 4.69) is 0 Å². The Morgan fingerprint density at radius 3 is 2.27 bits per heavy atom. The molecule has 1 amide bonds. The van der Waals surface area contributed by atoms with Crippen molar-refractivity contribution < 1.29 is 14.6 Å². The highest BCUT2D eigenvalue weighted by atomic mass is 16.5. The number of rotatable bonds is 4. The summed E-state index contributed by atoms with van der Waals surface area (Å²) in [5.74, 6) is 0. The third-order valence-electron chi connectivity index (χ3n) is 2.41. The summed E-state index contributed by atoms with van der Waals surface area (Å²) in [6.45, 7) is 7.61. The number of carboxylic acid groups (broad SMARTS) is 1. The predicted octanol–water partition coefficient (Wildman–Crippen LogP) is 1.13. The molecule has 0 saturated carbocycles. The summed E-state index contributed by atoms with van der Waals surface area (Å²) in [5, 5.41) is 9.04. The number of methoxy groups -OCH3 is 1. The number of amides is 1. The summed E-state index contributed by atoms with van der Waals surface area (Å²) >= 11 is 0. The summed E-state index contributed by atoms with van der Waals surface area (Å²) in [5.41, 5.74) is 5.39. The second-order valence-corrected chi connectivity index (χ2v) is 4.67. The van der Waals surface area contributed by atoms with Crippen LogP contribution in [0.25, 0.3) is 0 Å². The van der Waals surface area contributed by atoms with Crippen LogP contribution in [-0.4, -0.2) is 47.4 Å². The summed E-state index contributed by atoms with van der Waals surface area (Å²) in [6, 6.07) is -0.315. The van der Waals surface area contributed by atoms with Crippen LogP contribution >= 0.6 is 0 Å². The molecule has 0 aromatic heterocycles. The maximum absolute atomic E-state index is 11.0. The molecule has 15 heavy (non-hydrogen) atoms. The second kappa shape index (κ2) is 5.32. The van der Waals surface area contributed by atoms with Crippen molar-refractivity contribution in [2.24, 2.45) is 5.73 Å². The van der Waals surface area contributed by atoms with E-state index in [9.17, 15) is 4.79 Å². The Bertz CT molecular complexity index is 213. The third-order valence-corrected chi connectivity index (χ3v) is 2.41. The minimum absolute atomic E-state index is 0.158. The molecular weight excluding hydrogens is 196 g/mol. The predicted molar refractivity (Wildman–Crippen MR) is 58.9 cm³/mol. The van der Waals surface area contributed by atoms with Gasteiger partial charge in [-0.25, -0.2) is 4.79 Å². The first-order valence-electron chi connectivity index (χ1n) is 4.99. The first kappa shape index (κ1) is 14.2. The van der Waals surface area contributed by atoms with Gasteiger partial charge in [-0.1, -0.05) is 0 Å². The zero-order valence-electron chi connectivity index (χ0n) is 10.2. The topological polar surface area (TPSA) is 75.8 Å². The van der Waals surface area contributed by atoms with E-state index in [1.165, 1.54) is 4.90 Å². The summed E-state index contributed by atoms with van der Waals surface area (Å²) in [4.78, 5) is 12.3. The molecule has 0 radical (unpaired) electrons. The van der Waals surface area contributed by atoms with Gasteiger partial charge in [0.25, 0.3) is 0 Å². The Morgan fingerprint density at radius 2 is 2.00 bits per heavy atom. The van der Waals surface area contributed by atoms with Gasteiger partial charge in [0.1, 0.15) is 0 Å². The highest BCUT2D eigenvalue weighted by Crippen LogP contribution is 2.14. The average Bonchev–Trinajstić information content (AvgIpc) is 2.09. The largest absolute Gasteiger partial charge is 0.465 e. The van der Waals surface area contributed by atoms with E-state index < -0.39 is 11.6 Å². The molecule has 0 bridgehead atoms. The first-order chi connectivity index (χ1) is 6.70. The third kappa shape index (κ3) is 4.48. The molecule has 5 nitrogen and oxygen atoms in total. The average molecular weight is 218 g/mol. The lowest BCUT2D eigenvalue weighted by Crippen LogP contribution is -2.53. The fourth-order valence-corrected chi connectivity index (χ4v) is 1.17. The fraction of sp³-hybridized carbons (Fsp3) is 0.900. The van der Waals surface area contributed by atoms with Crippen molar-refractivity contribution >= 4 is 6.09 Å². The van der Waals surface area contributed by atoms with Crippen LogP contribution < -0.4 is 5.73 Å². The molecule has 0 heterocycles. The van der Waals surface area contributed by atoms with Crippen LogP contribution in [0.15, 0.2) is 0 Å². The van der Waals surface area contributed by atoms with Gasteiger partial charge in [0.05, 0.1) is 6.10 Å². The summed E-state index contributed by atoms with van der Waals surface area (Å²) in [6.07, 6.45) is -1.12. The van der Waals surface area contributed by atoms with Gasteiger partial charge in [-0.15, -0.1) is 0 Å². The monoisotopic (exact) mass is 218 g/mol. The molecule has 5 heteroatoms. The highest BCUT2D eigenvalue weighted by Gasteiger charge is 2.29. The molecule has 0 spiro atoms. The van der Waals surface area contributed by atoms with Gasteiger partial charge in [-0.2, -0.15) is 0 Å². The van der Waals surface area contributed by atoms with Crippen LogP contribution in [0.5, 0.6) is 0 Å². The van der Waals surface area contributed by atoms with Crippen molar-refractivity contribution in [3.05, 3.63) is 0 Å². The van der Waals surface area contributed by atoms with Gasteiger partial charge < -0.3 is 20.5 Å². The van der Waals surface area contributed by atoms with E-state index in [0.29, 0.717) is 0 Å². The number of hydrogen-bond donors (Lipinski definition) is 2. The Kier molecular flexibility index (Phi) is 5.03. The molecule has 2 atom stereocenters. The Labute approximate surface area is 91.2 Å². The second-order valence-electron chi connectivity index (χ2n) is 4.67. The molecule has 0 aliphatic rings. The van der Waals surface area contributed by atoms with Crippen LogP contribution in [-0.2, 0) is 4.74 Å². The number of hydrogen-bond acceptors (Lipinski definition) is 3. The van der Waals surface area contributed by atoms with E-state index in [0.717, 1.165) is 0 Å². The molecule has 0 aromatic rings. The molecule has 0 aliphatic heterocycles. The van der Waals surface area contributed by atoms with E-state index in [1.807, 2.05) is 27.7 Å². The van der Waals surface area contributed by atoms with Gasteiger partial charge in [0.15, 0.2) is 0 Å². The lowest BCUT2D eigenvalue weighted by Gasteiger charge is -2.36. The van der Waals surface area contributed by atoms with E-state index in [4.69, 9.17) is 15.6 Å². The molecule has 90 valence electrons. The van der Waals surface area contributed by atoms with Crippen LogP contribution in [0.3, 0.4) is 0 Å². The number of nitrogens with two attached hydrogens (primary N) is 1. The van der Waals surface area contributed by atoms with Gasteiger partial charge in [0, 0.05) is 25.2 Å². The van der Waals surface area contributed by atoms with Crippen LogP contribution in [0, 0.1) is 0 Å². The molecule has 0 aliphatic carbocycles. The smallest absolute Gasteiger partial charge is 0.407 e. The van der Waals surface area contributed by atoms with Crippen LogP contribution in [0.1, 0.15) is 27.7 Å². The van der Waals surface area contributed by atoms with E-state index in [-0.39, 0.29) is 18.7 Å². The molecule has 0 aromatic carbocycles. The molecular formula is C10H22N2O3. The lowest BCUT2D eigenvalue weighted by atomic mass is 10.0. The minimum Gasteiger partial charge on any atom is -0.465 e. The maximum Gasteiger partial charge on any atom is 0.407 e. The quantitative estimate of drug-likeness (QED) is 0.741. The van der Waals surface area contributed by atoms with Crippen molar-refractivity contribution in [2.75, 3.05) is 13.7 Å². The SMILES string of the molecule is CO[C@@H](C)[C@@H](N)CN(C(=O)O)C(C)(C)C. The molecule has 0 rings (SSSR count). The lowest BCUT2D eigenvalue weighted by molar-refractivity contribution is 0.0560. The zero-order chi connectivity index (χ0) is 12.2. The highest BCUT2D eigenvalue weighted by molar-refractivity contribution is 5.66. The van der Waals surface area contributed by atoms with Crippen molar-refractivity contribution in [1.29, 1.82) is 0 Å². The number of nitrogens with zero attached hydrogens (tertiary/aromatic N) is 1. The van der Waals surface area contributed by atoms with Crippen molar-refractivity contribution in [1.82, 2.24) is 4.90 Å². The summed E-state index contributed by atoms with van der Waals surface area (Å²) < 4.78 is 5.06. The normalized spacial score (nSPS) is 15.9. The maximum atomic E-state index is 11.0. The van der Waals surface area contributed by atoms with Crippen molar-refractivity contribution in [3.63, 3.8) is 0 Å². The molecule has 0 saturated heterocycles. The number of carbonyl (C=O) groups is 1. The Morgan fingerprint density at radius 1 is 1.53 bits per heavy atom. The van der Waals surface area contributed by atoms with Crippen molar-refractivity contribution in [3.8, 4) is 0 Å². The zero-order valence-corrected chi connectivity index (χ0v) is 10.2. The first-order valence-corrected chi connectivity index (χ1v) is 4.99. The Hall–Kier alpha value is -0.810. The van der Waals surface area contributed by atoms with Gasteiger partial charge in [-0.05, 0) is 27.7 Å². The van der Waals surface area contributed by atoms with Gasteiger partial charge in [-0.3, -0.25) is 0 Å². The van der Waals surface area contributed by atoms with Crippen LogP contribution in [0.4, 0.5) is 4.79 Å². The molecule has 3 N–H and O–H groups in total. The minimum atomic E-state index is -0.957. The molecule has 0 unspecified atom stereocenters. The fourth-order valence-electron chi connectivity index (χ4n) is 1.17.